The van der Waals surface area contributed by atoms with Crippen LogP contribution in [-0.4, -0.2) is 42.1 Å². The fourth-order valence-corrected chi connectivity index (χ4v) is 3.21. The zero-order valence-electron chi connectivity index (χ0n) is 12.6. The fourth-order valence-electron chi connectivity index (χ4n) is 2.17. The number of methoxy groups -OCH3 is 1. The lowest BCUT2D eigenvalue weighted by Crippen LogP contribution is -2.40. The van der Waals surface area contributed by atoms with Crippen molar-refractivity contribution in [2.24, 2.45) is 0 Å². The van der Waals surface area contributed by atoms with Crippen molar-refractivity contribution in [1.29, 1.82) is 0 Å². The maximum absolute atomic E-state index is 12.8. The molecule has 6 heteroatoms. The molecule has 21 heavy (non-hydrogen) atoms. The van der Waals surface area contributed by atoms with Crippen molar-refractivity contribution in [1.82, 2.24) is 9.88 Å². The summed E-state index contributed by atoms with van der Waals surface area (Å²) in [6.45, 7) is 5.17. The maximum Gasteiger partial charge on any atom is 0.266 e. The lowest BCUT2D eigenvalue weighted by atomic mass is 10.2. The highest BCUT2D eigenvalue weighted by Crippen LogP contribution is 2.33. The molecule has 2 aromatic rings. The molecular formula is C15H21N3O2S. The van der Waals surface area contributed by atoms with Gasteiger partial charge in [-0.15, -0.1) is 11.3 Å². The second-order valence-corrected chi connectivity index (χ2v) is 6.00. The Morgan fingerprint density at radius 1 is 1.57 bits per heavy atom. The van der Waals surface area contributed by atoms with Crippen molar-refractivity contribution in [2.75, 3.05) is 26.0 Å². The van der Waals surface area contributed by atoms with Crippen molar-refractivity contribution in [3.63, 3.8) is 0 Å². The lowest BCUT2D eigenvalue weighted by molar-refractivity contribution is 0.0620. The number of thiophene rings is 1. The molecule has 1 amide bonds. The predicted octanol–water partition coefficient (Wildman–Crippen LogP) is 2.77. The minimum absolute atomic E-state index is 0.0399. The maximum atomic E-state index is 12.8. The van der Waals surface area contributed by atoms with Gasteiger partial charge in [-0.05, 0) is 25.5 Å². The van der Waals surface area contributed by atoms with E-state index in [1.807, 2.05) is 24.0 Å². The van der Waals surface area contributed by atoms with Crippen LogP contribution in [0, 0.1) is 0 Å². The van der Waals surface area contributed by atoms with E-state index in [0.717, 1.165) is 11.1 Å². The smallest absolute Gasteiger partial charge is 0.266 e. The van der Waals surface area contributed by atoms with Gasteiger partial charge >= 0.3 is 0 Å². The standard InChI is InChI=1S/C15H21N3O2S/c1-4-10(2)18(8-9-20-3)15(19)14-12(16)13-11(21-14)6-5-7-17-13/h5-7,10H,4,8-9,16H2,1-3H3. The van der Waals surface area contributed by atoms with Gasteiger partial charge in [0.05, 0.1) is 17.0 Å². The molecule has 114 valence electrons. The van der Waals surface area contributed by atoms with Crippen LogP contribution in [0.1, 0.15) is 29.9 Å². The van der Waals surface area contributed by atoms with E-state index in [0.29, 0.717) is 29.2 Å². The number of fused-ring (bicyclic) bond motifs is 1. The Labute approximate surface area is 128 Å². The highest BCUT2D eigenvalue weighted by Gasteiger charge is 2.25. The normalized spacial score (nSPS) is 12.5. The average molecular weight is 307 g/mol. The number of hydrogen-bond donors (Lipinski definition) is 1. The Morgan fingerprint density at radius 3 is 2.95 bits per heavy atom. The van der Waals surface area contributed by atoms with Gasteiger partial charge in [0.15, 0.2) is 0 Å². The minimum Gasteiger partial charge on any atom is -0.396 e. The molecule has 1 unspecified atom stereocenters. The van der Waals surface area contributed by atoms with Gasteiger partial charge in [0.1, 0.15) is 10.4 Å². The minimum atomic E-state index is -0.0399. The summed E-state index contributed by atoms with van der Waals surface area (Å²) >= 11 is 1.40. The number of carbonyl (C=O) groups is 1. The number of nitrogens with two attached hydrogens (primary N) is 1. The van der Waals surface area contributed by atoms with Gasteiger partial charge in [0, 0.05) is 25.9 Å². The van der Waals surface area contributed by atoms with Gasteiger partial charge in [-0.1, -0.05) is 6.92 Å². The number of ether oxygens (including phenoxy) is 1. The molecule has 2 aromatic heterocycles. The van der Waals surface area contributed by atoms with E-state index in [2.05, 4.69) is 11.9 Å². The quantitative estimate of drug-likeness (QED) is 0.891. The van der Waals surface area contributed by atoms with Crippen LogP contribution in [0.25, 0.3) is 10.2 Å². The Morgan fingerprint density at radius 2 is 2.33 bits per heavy atom. The molecule has 0 aliphatic rings. The first-order valence-corrected chi connectivity index (χ1v) is 7.84. The van der Waals surface area contributed by atoms with Gasteiger partial charge in [-0.2, -0.15) is 0 Å². The Bertz CT molecular complexity index is 626. The monoisotopic (exact) mass is 307 g/mol. The molecule has 0 aliphatic carbocycles. The van der Waals surface area contributed by atoms with E-state index in [1.54, 1.807) is 13.3 Å². The number of rotatable bonds is 6. The van der Waals surface area contributed by atoms with E-state index >= 15 is 0 Å². The van der Waals surface area contributed by atoms with Crippen LogP contribution in [-0.2, 0) is 4.74 Å². The Kier molecular flexibility index (Phi) is 5.14. The van der Waals surface area contributed by atoms with Crippen molar-refractivity contribution in [3.8, 4) is 0 Å². The van der Waals surface area contributed by atoms with Crippen LogP contribution >= 0.6 is 11.3 Å². The molecule has 0 saturated carbocycles. The number of anilines is 1. The molecule has 2 N–H and O–H groups in total. The molecule has 1 atom stereocenters. The topological polar surface area (TPSA) is 68.5 Å². The van der Waals surface area contributed by atoms with Crippen LogP contribution in [0.5, 0.6) is 0 Å². The highest BCUT2D eigenvalue weighted by atomic mass is 32.1. The third-order valence-corrected chi connectivity index (χ3v) is 4.74. The zero-order valence-corrected chi connectivity index (χ0v) is 13.4. The number of nitrogen functional groups attached to an aromatic ring is 1. The summed E-state index contributed by atoms with van der Waals surface area (Å²) < 4.78 is 6.05. The number of nitrogens with zero attached hydrogens (tertiary/aromatic N) is 2. The van der Waals surface area contributed by atoms with Crippen LogP contribution in [0.15, 0.2) is 18.3 Å². The van der Waals surface area contributed by atoms with Gasteiger partial charge in [0.25, 0.3) is 5.91 Å². The van der Waals surface area contributed by atoms with Crippen molar-refractivity contribution in [2.45, 2.75) is 26.3 Å². The van der Waals surface area contributed by atoms with E-state index in [4.69, 9.17) is 10.5 Å². The molecule has 2 rings (SSSR count). The van der Waals surface area contributed by atoms with Crippen LogP contribution in [0.2, 0.25) is 0 Å². The molecule has 0 radical (unpaired) electrons. The van der Waals surface area contributed by atoms with Crippen molar-refractivity contribution in [3.05, 3.63) is 23.2 Å². The fraction of sp³-hybridized carbons (Fsp3) is 0.467. The van der Waals surface area contributed by atoms with Gasteiger partial charge < -0.3 is 15.4 Å². The SMILES string of the molecule is CCC(C)N(CCOC)C(=O)c1sc2cccnc2c1N. The number of pyridine rings is 1. The molecule has 0 saturated heterocycles. The molecule has 0 aromatic carbocycles. The Hall–Kier alpha value is -1.66. The number of aromatic nitrogens is 1. The summed E-state index contributed by atoms with van der Waals surface area (Å²) in [6.07, 6.45) is 2.58. The average Bonchev–Trinajstić information content (AvgIpc) is 2.84. The summed E-state index contributed by atoms with van der Waals surface area (Å²) in [5.41, 5.74) is 7.31. The number of hydrogen-bond acceptors (Lipinski definition) is 5. The lowest BCUT2D eigenvalue weighted by Gasteiger charge is -2.28. The molecule has 2 heterocycles. The predicted molar refractivity (Wildman–Crippen MR) is 86.7 cm³/mol. The summed E-state index contributed by atoms with van der Waals surface area (Å²) in [6, 6.07) is 3.93. The molecular weight excluding hydrogens is 286 g/mol. The van der Waals surface area contributed by atoms with E-state index in [-0.39, 0.29) is 11.9 Å². The summed E-state index contributed by atoms with van der Waals surface area (Å²) in [5.74, 6) is -0.0399. The van der Waals surface area contributed by atoms with E-state index in [1.165, 1.54) is 11.3 Å². The van der Waals surface area contributed by atoms with Crippen LogP contribution in [0.4, 0.5) is 5.69 Å². The van der Waals surface area contributed by atoms with E-state index < -0.39 is 0 Å². The van der Waals surface area contributed by atoms with Crippen molar-refractivity contribution >= 4 is 33.1 Å². The van der Waals surface area contributed by atoms with Gasteiger partial charge in [-0.3, -0.25) is 9.78 Å². The van der Waals surface area contributed by atoms with Gasteiger partial charge in [-0.25, -0.2) is 0 Å². The van der Waals surface area contributed by atoms with Crippen LogP contribution in [0.3, 0.4) is 0 Å². The molecule has 0 bridgehead atoms. The number of amides is 1. The third-order valence-electron chi connectivity index (χ3n) is 3.60. The molecule has 0 spiro atoms. The second kappa shape index (κ2) is 6.87. The first kappa shape index (κ1) is 15.7. The number of carbonyl (C=O) groups excluding carboxylic acids is 1. The Balaban J connectivity index is 2.35. The highest BCUT2D eigenvalue weighted by molar-refractivity contribution is 7.21. The van der Waals surface area contributed by atoms with Gasteiger partial charge in [0.2, 0.25) is 0 Å². The largest absolute Gasteiger partial charge is 0.396 e. The second-order valence-electron chi connectivity index (χ2n) is 4.94. The first-order valence-electron chi connectivity index (χ1n) is 7.03. The summed E-state index contributed by atoms with van der Waals surface area (Å²) in [5, 5.41) is 0. The molecule has 0 fully saturated rings. The van der Waals surface area contributed by atoms with E-state index in [9.17, 15) is 4.79 Å². The molecule has 0 aliphatic heterocycles. The van der Waals surface area contributed by atoms with Crippen molar-refractivity contribution < 1.29 is 9.53 Å². The first-order chi connectivity index (χ1) is 10.1. The zero-order chi connectivity index (χ0) is 15.4. The summed E-state index contributed by atoms with van der Waals surface area (Å²) in [7, 11) is 1.64. The third kappa shape index (κ3) is 3.16. The van der Waals surface area contributed by atoms with Crippen LogP contribution < -0.4 is 5.73 Å². The summed E-state index contributed by atoms with van der Waals surface area (Å²) in [4.78, 5) is 19.5. The molecule has 5 nitrogen and oxygen atoms in total.